The van der Waals surface area contributed by atoms with Gasteiger partial charge in [-0.05, 0) is 6.92 Å². The summed E-state index contributed by atoms with van der Waals surface area (Å²) >= 11 is 0. The summed E-state index contributed by atoms with van der Waals surface area (Å²) in [4.78, 5) is 25.5. The average molecular weight is 374 g/mol. The number of hydrogen-bond donors (Lipinski definition) is 5. The summed E-state index contributed by atoms with van der Waals surface area (Å²) in [7, 11) is 0. The molecule has 0 bridgehead atoms. The molecule has 26 heavy (non-hydrogen) atoms. The molecule has 0 radical (unpaired) electrons. The van der Waals surface area contributed by atoms with Crippen LogP contribution in [0.5, 0.6) is 0 Å². The van der Waals surface area contributed by atoms with Gasteiger partial charge in [-0.1, -0.05) is 0 Å². The van der Waals surface area contributed by atoms with E-state index in [-0.39, 0.29) is 13.0 Å². The van der Waals surface area contributed by atoms with Crippen LogP contribution in [0.2, 0.25) is 0 Å². The lowest BCUT2D eigenvalue weighted by Crippen LogP contribution is -2.37. The highest BCUT2D eigenvalue weighted by Gasteiger charge is 2.44. The number of aliphatic hydroxyl groups is 4. The molecule has 0 amide bonds. The molecule has 2 fully saturated rings. The summed E-state index contributed by atoms with van der Waals surface area (Å²) < 4.78 is 17.4. The second-order valence-corrected chi connectivity index (χ2v) is 6.45. The van der Waals surface area contributed by atoms with E-state index < -0.39 is 60.9 Å². The number of nitrogens with one attached hydrogen (secondary N) is 1. The molecular formula is C15H22N2O9. The van der Waals surface area contributed by atoms with E-state index in [1.54, 1.807) is 6.92 Å². The number of nitrogens with zero attached hydrogens (tertiary/aromatic N) is 1. The van der Waals surface area contributed by atoms with Crippen molar-refractivity contribution >= 4 is 0 Å². The van der Waals surface area contributed by atoms with Crippen LogP contribution in [-0.2, 0) is 14.2 Å². The van der Waals surface area contributed by atoms with E-state index in [4.69, 9.17) is 19.3 Å². The molecule has 7 atom stereocenters. The molecule has 2 aliphatic heterocycles. The Hall–Kier alpha value is -1.60. The zero-order valence-corrected chi connectivity index (χ0v) is 14.0. The Bertz CT molecular complexity index is 747. The minimum absolute atomic E-state index is 0.107. The van der Waals surface area contributed by atoms with Crippen LogP contribution in [-0.4, -0.2) is 80.0 Å². The first-order valence-electron chi connectivity index (χ1n) is 8.21. The molecule has 2 saturated heterocycles. The van der Waals surface area contributed by atoms with Gasteiger partial charge in [0.1, 0.15) is 30.6 Å². The van der Waals surface area contributed by atoms with Crippen molar-refractivity contribution < 1.29 is 34.6 Å². The highest BCUT2D eigenvalue weighted by atomic mass is 16.7. The average Bonchev–Trinajstić information content (AvgIpc) is 3.10. The van der Waals surface area contributed by atoms with Crippen LogP contribution in [0, 0.1) is 6.92 Å². The molecule has 1 aromatic heterocycles. The first kappa shape index (κ1) is 19.2. The van der Waals surface area contributed by atoms with Gasteiger partial charge in [-0.25, -0.2) is 4.79 Å². The predicted octanol–water partition coefficient (Wildman–Crippen LogP) is -3.05. The molecule has 0 spiro atoms. The van der Waals surface area contributed by atoms with E-state index in [1.165, 1.54) is 10.8 Å². The van der Waals surface area contributed by atoms with Crippen LogP contribution < -0.4 is 11.2 Å². The standard InChI is InChI=1S/C15H22N2O9/c1-6-3-17(15(23)16-13(6)22)10-2-7(19)9(25-10)5-24-14-12(21)11(20)8(4-18)26-14/h3,7-12,14,18-21H,2,4-5H2,1H3,(H,16,22,23)/t7-,8+,9+,10+,11+,12-,14+/m0/s1. The smallest absolute Gasteiger partial charge is 0.330 e. The Balaban J connectivity index is 1.62. The summed E-state index contributed by atoms with van der Waals surface area (Å²) in [6.45, 7) is 0.904. The lowest BCUT2D eigenvalue weighted by molar-refractivity contribution is -0.190. The van der Waals surface area contributed by atoms with E-state index in [1.807, 2.05) is 0 Å². The number of aryl methyl sites for hydroxylation is 1. The van der Waals surface area contributed by atoms with Gasteiger partial charge in [0.05, 0.1) is 19.3 Å². The van der Waals surface area contributed by atoms with Gasteiger partial charge in [0, 0.05) is 18.2 Å². The first-order valence-corrected chi connectivity index (χ1v) is 8.21. The number of H-pyrrole nitrogens is 1. The molecule has 0 aromatic carbocycles. The Morgan fingerprint density at radius 3 is 2.62 bits per heavy atom. The van der Waals surface area contributed by atoms with Crippen molar-refractivity contribution in [3.63, 3.8) is 0 Å². The molecule has 0 saturated carbocycles. The highest BCUT2D eigenvalue weighted by Crippen LogP contribution is 2.29. The maximum absolute atomic E-state index is 11.9. The maximum Gasteiger partial charge on any atom is 0.330 e. The Morgan fingerprint density at radius 1 is 1.23 bits per heavy atom. The van der Waals surface area contributed by atoms with Gasteiger partial charge in [-0.15, -0.1) is 0 Å². The molecule has 5 N–H and O–H groups in total. The third-order valence-electron chi connectivity index (χ3n) is 4.58. The van der Waals surface area contributed by atoms with E-state index in [0.717, 1.165) is 0 Å². The van der Waals surface area contributed by atoms with Crippen LogP contribution in [0.1, 0.15) is 18.2 Å². The fourth-order valence-corrected chi connectivity index (χ4v) is 3.03. The third kappa shape index (κ3) is 3.60. The lowest BCUT2D eigenvalue weighted by Gasteiger charge is -2.20. The van der Waals surface area contributed by atoms with Gasteiger partial charge in [0.25, 0.3) is 5.56 Å². The Morgan fingerprint density at radius 2 is 1.96 bits per heavy atom. The molecule has 3 rings (SSSR count). The fraction of sp³-hybridized carbons (Fsp3) is 0.733. The number of aromatic amines is 1. The summed E-state index contributed by atoms with van der Waals surface area (Å²) in [6, 6.07) is 0. The van der Waals surface area contributed by atoms with Crippen LogP contribution in [0.4, 0.5) is 0 Å². The highest BCUT2D eigenvalue weighted by molar-refractivity contribution is 5.02. The summed E-state index contributed by atoms with van der Waals surface area (Å²) in [6.07, 6.45) is -5.83. The molecule has 0 unspecified atom stereocenters. The minimum Gasteiger partial charge on any atom is -0.394 e. The predicted molar refractivity (Wildman–Crippen MR) is 84.3 cm³/mol. The second kappa shape index (κ2) is 7.56. The van der Waals surface area contributed by atoms with Crippen LogP contribution in [0.25, 0.3) is 0 Å². The van der Waals surface area contributed by atoms with Crippen LogP contribution in [0.3, 0.4) is 0 Å². The monoisotopic (exact) mass is 374 g/mol. The maximum atomic E-state index is 11.9. The van der Waals surface area contributed by atoms with Crippen molar-refractivity contribution in [3.8, 4) is 0 Å². The first-order chi connectivity index (χ1) is 12.3. The van der Waals surface area contributed by atoms with E-state index in [0.29, 0.717) is 5.56 Å². The van der Waals surface area contributed by atoms with Gasteiger partial charge in [0.2, 0.25) is 0 Å². The molecule has 0 aliphatic carbocycles. The van der Waals surface area contributed by atoms with Crippen molar-refractivity contribution in [1.82, 2.24) is 9.55 Å². The zero-order chi connectivity index (χ0) is 19.0. The minimum atomic E-state index is -1.34. The van der Waals surface area contributed by atoms with Crippen molar-refractivity contribution in [2.75, 3.05) is 13.2 Å². The molecule has 1 aromatic rings. The number of aromatic nitrogens is 2. The second-order valence-electron chi connectivity index (χ2n) is 6.45. The zero-order valence-electron chi connectivity index (χ0n) is 14.0. The third-order valence-corrected chi connectivity index (χ3v) is 4.58. The molecule has 146 valence electrons. The normalized spacial score (nSPS) is 37.3. The SMILES string of the molecule is Cc1cn([C@H]2C[C@H](O)[C@@H](CO[C@@H]3O[C@H](CO)[C@@H](O)[C@@H]3O)O2)c(=O)[nH]c1=O. The van der Waals surface area contributed by atoms with Gasteiger partial charge < -0.3 is 34.6 Å². The van der Waals surface area contributed by atoms with Gasteiger partial charge in [-0.3, -0.25) is 14.3 Å². The van der Waals surface area contributed by atoms with Gasteiger partial charge in [0.15, 0.2) is 6.29 Å². The van der Waals surface area contributed by atoms with Gasteiger partial charge in [-0.2, -0.15) is 0 Å². The van der Waals surface area contributed by atoms with E-state index in [2.05, 4.69) is 4.98 Å². The fourth-order valence-electron chi connectivity index (χ4n) is 3.03. The number of hydrogen-bond acceptors (Lipinski definition) is 9. The van der Waals surface area contributed by atoms with Crippen molar-refractivity contribution in [2.24, 2.45) is 0 Å². The van der Waals surface area contributed by atoms with E-state index in [9.17, 15) is 24.9 Å². The number of aliphatic hydroxyl groups excluding tert-OH is 4. The largest absolute Gasteiger partial charge is 0.394 e. The molecule has 2 aliphatic rings. The molecule has 11 heteroatoms. The van der Waals surface area contributed by atoms with E-state index >= 15 is 0 Å². The number of ether oxygens (including phenoxy) is 3. The molecular weight excluding hydrogens is 352 g/mol. The Kier molecular flexibility index (Phi) is 5.58. The van der Waals surface area contributed by atoms with Crippen LogP contribution in [0.15, 0.2) is 15.8 Å². The lowest BCUT2D eigenvalue weighted by atomic mass is 10.1. The quantitative estimate of drug-likeness (QED) is 0.360. The summed E-state index contributed by atoms with van der Waals surface area (Å²) in [5, 5.41) is 38.7. The van der Waals surface area contributed by atoms with Crippen molar-refractivity contribution in [3.05, 3.63) is 32.6 Å². The summed E-state index contributed by atoms with van der Waals surface area (Å²) in [5.74, 6) is 0. The molecule has 3 heterocycles. The van der Waals surface area contributed by atoms with Crippen molar-refractivity contribution in [2.45, 2.75) is 56.4 Å². The number of rotatable bonds is 5. The topological polar surface area (TPSA) is 163 Å². The van der Waals surface area contributed by atoms with Crippen LogP contribution >= 0.6 is 0 Å². The Labute approximate surface area is 147 Å². The van der Waals surface area contributed by atoms with Crippen molar-refractivity contribution in [1.29, 1.82) is 0 Å². The summed E-state index contributed by atoms with van der Waals surface area (Å²) in [5.41, 5.74) is -0.814. The van der Waals surface area contributed by atoms with Gasteiger partial charge >= 0.3 is 5.69 Å². The molecule has 11 nitrogen and oxygen atoms in total.